The highest BCUT2D eigenvalue weighted by Crippen LogP contribution is 2.14. The summed E-state index contributed by atoms with van der Waals surface area (Å²) in [6.07, 6.45) is 1.93. The molecule has 0 saturated carbocycles. The van der Waals surface area contributed by atoms with Gasteiger partial charge < -0.3 is 0 Å². The van der Waals surface area contributed by atoms with Crippen LogP contribution in [0.2, 0.25) is 0 Å². The molecule has 4 heteroatoms. The molecule has 92 valence electrons. The van der Waals surface area contributed by atoms with Crippen LogP contribution >= 0.6 is 0 Å². The molecule has 0 aliphatic rings. The third-order valence-electron chi connectivity index (χ3n) is 2.82. The van der Waals surface area contributed by atoms with Gasteiger partial charge >= 0.3 is 0 Å². The minimum absolute atomic E-state index is 0.0584. The minimum atomic E-state index is -0.440. The second kappa shape index (κ2) is 6.13. The van der Waals surface area contributed by atoms with Crippen LogP contribution in [0.4, 0.5) is 5.69 Å². The van der Waals surface area contributed by atoms with Gasteiger partial charge in [-0.3, -0.25) is 14.9 Å². The minimum Gasteiger partial charge on any atom is -0.299 e. The quantitative estimate of drug-likeness (QED) is 0.562. The molecule has 0 saturated heterocycles. The van der Waals surface area contributed by atoms with E-state index in [0.717, 1.165) is 12.0 Å². The van der Waals surface area contributed by atoms with Gasteiger partial charge in [0.15, 0.2) is 0 Å². The molecular weight excluding hydrogens is 218 g/mol. The lowest BCUT2D eigenvalue weighted by Gasteiger charge is -2.06. The molecule has 0 bridgehead atoms. The van der Waals surface area contributed by atoms with Crippen molar-refractivity contribution in [1.29, 1.82) is 0 Å². The Labute approximate surface area is 101 Å². The maximum Gasteiger partial charge on any atom is 0.269 e. The number of ketones is 1. The molecule has 0 radical (unpaired) electrons. The van der Waals surface area contributed by atoms with Crippen LogP contribution < -0.4 is 0 Å². The van der Waals surface area contributed by atoms with Crippen molar-refractivity contribution in [2.45, 2.75) is 33.1 Å². The van der Waals surface area contributed by atoms with E-state index >= 15 is 0 Å². The lowest BCUT2D eigenvalue weighted by atomic mass is 9.98. The molecule has 0 amide bonds. The average molecular weight is 235 g/mol. The van der Waals surface area contributed by atoms with Crippen LogP contribution in [0.3, 0.4) is 0 Å². The van der Waals surface area contributed by atoms with E-state index < -0.39 is 4.92 Å². The first kappa shape index (κ1) is 13.4. The molecule has 1 aromatic rings. The fourth-order valence-corrected chi connectivity index (χ4v) is 1.57. The summed E-state index contributed by atoms with van der Waals surface area (Å²) in [6, 6.07) is 6.16. The lowest BCUT2D eigenvalue weighted by Crippen LogP contribution is -2.07. The maximum absolute atomic E-state index is 11.7. The van der Waals surface area contributed by atoms with Crippen molar-refractivity contribution in [3.05, 3.63) is 39.9 Å². The summed E-state index contributed by atoms with van der Waals surface area (Å²) in [5, 5.41) is 10.5. The monoisotopic (exact) mass is 235 g/mol. The van der Waals surface area contributed by atoms with E-state index in [1.54, 1.807) is 12.1 Å². The summed E-state index contributed by atoms with van der Waals surface area (Å²) in [5.41, 5.74) is 0.895. The molecule has 1 atom stereocenters. The Morgan fingerprint density at radius 3 is 2.41 bits per heavy atom. The Morgan fingerprint density at radius 2 is 1.94 bits per heavy atom. The topological polar surface area (TPSA) is 60.2 Å². The van der Waals surface area contributed by atoms with Crippen molar-refractivity contribution in [2.24, 2.45) is 5.92 Å². The van der Waals surface area contributed by atoms with Gasteiger partial charge in [-0.2, -0.15) is 0 Å². The molecule has 0 aliphatic carbocycles. The van der Waals surface area contributed by atoms with Crippen molar-refractivity contribution in [2.75, 3.05) is 0 Å². The first-order chi connectivity index (χ1) is 8.02. The summed E-state index contributed by atoms with van der Waals surface area (Å²) in [4.78, 5) is 21.7. The van der Waals surface area contributed by atoms with Crippen LogP contribution in [-0.4, -0.2) is 10.7 Å². The number of carbonyl (C=O) groups is 1. The van der Waals surface area contributed by atoms with E-state index in [2.05, 4.69) is 6.92 Å². The summed E-state index contributed by atoms with van der Waals surface area (Å²) in [7, 11) is 0. The Balaban J connectivity index is 2.57. The number of non-ortho nitro benzene ring substituents is 1. The Hall–Kier alpha value is -1.71. The molecule has 1 unspecified atom stereocenters. The molecule has 0 N–H and O–H groups in total. The van der Waals surface area contributed by atoms with Crippen LogP contribution in [0.25, 0.3) is 0 Å². The van der Waals surface area contributed by atoms with E-state index in [1.165, 1.54) is 12.1 Å². The molecule has 0 spiro atoms. The highest BCUT2D eigenvalue weighted by molar-refractivity contribution is 5.81. The van der Waals surface area contributed by atoms with Crippen LogP contribution in [0, 0.1) is 16.0 Å². The van der Waals surface area contributed by atoms with E-state index in [-0.39, 0.29) is 11.5 Å². The average Bonchev–Trinajstić information content (AvgIpc) is 2.29. The molecule has 0 heterocycles. The van der Waals surface area contributed by atoms with Gasteiger partial charge in [-0.05, 0) is 11.5 Å². The highest BCUT2D eigenvalue weighted by Gasteiger charge is 2.10. The van der Waals surface area contributed by atoms with E-state index in [1.807, 2.05) is 6.92 Å². The second-order valence-electron chi connectivity index (χ2n) is 4.36. The number of hydrogen-bond donors (Lipinski definition) is 0. The third kappa shape index (κ3) is 4.34. The summed E-state index contributed by atoms with van der Waals surface area (Å²) < 4.78 is 0. The number of carbonyl (C=O) groups excluding carboxylic acids is 1. The summed E-state index contributed by atoms with van der Waals surface area (Å²) in [6.45, 7) is 4.11. The van der Waals surface area contributed by atoms with Crippen molar-refractivity contribution in [3.63, 3.8) is 0 Å². The SMILES string of the molecule is CCC(C)CC(=O)Cc1ccc([N+](=O)[O-])cc1. The zero-order valence-electron chi connectivity index (χ0n) is 10.2. The normalized spacial score (nSPS) is 12.1. The van der Waals surface area contributed by atoms with Gasteiger partial charge in [-0.1, -0.05) is 32.4 Å². The zero-order valence-corrected chi connectivity index (χ0v) is 10.2. The van der Waals surface area contributed by atoms with Crippen molar-refractivity contribution < 1.29 is 9.72 Å². The van der Waals surface area contributed by atoms with Gasteiger partial charge in [0, 0.05) is 25.0 Å². The van der Waals surface area contributed by atoms with Crippen LogP contribution in [0.15, 0.2) is 24.3 Å². The smallest absolute Gasteiger partial charge is 0.269 e. The van der Waals surface area contributed by atoms with Crippen LogP contribution in [0.5, 0.6) is 0 Å². The predicted octanol–water partition coefficient (Wildman–Crippen LogP) is 3.14. The number of nitro benzene ring substituents is 1. The van der Waals surface area contributed by atoms with E-state index in [0.29, 0.717) is 18.8 Å². The lowest BCUT2D eigenvalue weighted by molar-refractivity contribution is -0.384. The van der Waals surface area contributed by atoms with Crippen molar-refractivity contribution in [3.8, 4) is 0 Å². The number of benzene rings is 1. The molecule has 0 fully saturated rings. The van der Waals surface area contributed by atoms with Crippen molar-refractivity contribution >= 4 is 11.5 Å². The first-order valence-corrected chi connectivity index (χ1v) is 5.78. The number of Topliss-reactive ketones (excluding diaryl/α,β-unsaturated/α-hetero) is 1. The van der Waals surface area contributed by atoms with Gasteiger partial charge in [0.05, 0.1) is 4.92 Å². The molecule has 1 aromatic carbocycles. The molecule has 0 aliphatic heterocycles. The zero-order chi connectivity index (χ0) is 12.8. The molecule has 17 heavy (non-hydrogen) atoms. The molecule has 4 nitrogen and oxygen atoms in total. The van der Waals surface area contributed by atoms with Gasteiger partial charge in [0.2, 0.25) is 0 Å². The van der Waals surface area contributed by atoms with Crippen LogP contribution in [0.1, 0.15) is 32.3 Å². The van der Waals surface area contributed by atoms with Gasteiger partial charge in [0.1, 0.15) is 5.78 Å². The Kier molecular flexibility index (Phi) is 4.82. The third-order valence-corrected chi connectivity index (χ3v) is 2.82. The van der Waals surface area contributed by atoms with E-state index in [9.17, 15) is 14.9 Å². The first-order valence-electron chi connectivity index (χ1n) is 5.78. The molecule has 0 aromatic heterocycles. The number of nitro groups is 1. The Bertz CT molecular complexity index is 398. The largest absolute Gasteiger partial charge is 0.299 e. The maximum atomic E-state index is 11.7. The Morgan fingerprint density at radius 1 is 1.35 bits per heavy atom. The fourth-order valence-electron chi connectivity index (χ4n) is 1.57. The highest BCUT2D eigenvalue weighted by atomic mass is 16.6. The predicted molar refractivity (Wildman–Crippen MR) is 65.9 cm³/mol. The van der Waals surface area contributed by atoms with Gasteiger partial charge in [-0.25, -0.2) is 0 Å². The standard InChI is InChI=1S/C13H17NO3/c1-3-10(2)8-13(15)9-11-4-6-12(7-5-11)14(16)17/h4-7,10H,3,8-9H2,1-2H3. The summed E-state index contributed by atoms with van der Waals surface area (Å²) >= 11 is 0. The summed E-state index contributed by atoms with van der Waals surface area (Å²) in [5.74, 6) is 0.591. The number of rotatable bonds is 6. The number of nitrogens with zero attached hydrogens (tertiary/aromatic N) is 1. The van der Waals surface area contributed by atoms with Gasteiger partial charge in [0.25, 0.3) is 5.69 Å². The van der Waals surface area contributed by atoms with E-state index in [4.69, 9.17) is 0 Å². The number of hydrogen-bond acceptors (Lipinski definition) is 3. The van der Waals surface area contributed by atoms with Gasteiger partial charge in [-0.15, -0.1) is 0 Å². The molecule has 1 rings (SSSR count). The van der Waals surface area contributed by atoms with Crippen molar-refractivity contribution in [1.82, 2.24) is 0 Å². The second-order valence-corrected chi connectivity index (χ2v) is 4.36. The molecular formula is C13H17NO3. The van der Waals surface area contributed by atoms with Crippen LogP contribution in [-0.2, 0) is 11.2 Å². The fraction of sp³-hybridized carbons (Fsp3) is 0.462.